The average molecular weight is 309 g/mol. The smallest absolute Gasteiger partial charge is 0.322 e. The topological polar surface area (TPSA) is 41.6 Å². The van der Waals surface area contributed by atoms with Crippen LogP contribution in [0.1, 0.15) is 33.1 Å². The van der Waals surface area contributed by atoms with Gasteiger partial charge in [-0.25, -0.2) is 4.79 Å². The van der Waals surface area contributed by atoms with E-state index in [1.54, 1.807) is 12.1 Å². The maximum atomic E-state index is 12.3. The number of benzene rings is 1. The van der Waals surface area contributed by atoms with E-state index in [4.69, 9.17) is 16.3 Å². The Bertz CT molecular complexity index is 547. The van der Waals surface area contributed by atoms with E-state index in [2.05, 4.69) is 5.32 Å². The fraction of sp³-hybridized carbons (Fsp3) is 0.562. The van der Waals surface area contributed by atoms with E-state index in [1.165, 1.54) is 6.42 Å². The maximum Gasteiger partial charge on any atom is 0.322 e. The Balaban J connectivity index is 1.65. The third kappa shape index (κ3) is 3.10. The van der Waals surface area contributed by atoms with Gasteiger partial charge in [-0.05, 0) is 57.2 Å². The Morgan fingerprint density at radius 1 is 1.43 bits per heavy atom. The van der Waals surface area contributed by atoms with Crippen molar-refractivity contribution in [2.45, 2.75) is 45.3 Å². The first kappa shape index (κ1) is 14.5. The molecule has 114 valence electrons. The maximum absolute atomic E-state index is 12.3. The van der Waals surface area contributed by atoms with Crippen LogP contribution in [0.3, 0.4) is 0 Å². The van der Waals surface area contributed by atoms with E-state index in [9.17, 15) is 4.79 Å². The van der Waals surface area contributed by atoms with E-state index in [1.807, 2.05) is 24.8 Å². The monoisotopic (exact) mass is 308 g/mol. The van der Waals surface area contributed by atoms with Crippen LogP contribution in [0, 0.1) is 5.92 Å². The van der Waals surface area contributed by atoms with Gasteiger partial charge in [0.05, 0.1) is 11.1 Å². The third-order valence-electron chi connectivity index (χ3n) is 4.22. The highest BCUT2D eigenvalue weighted by Crippen LogP contribution is 2.37. The van der Waals surface area contributed by atoms with Gasteiger partial charge in [0.15, 0.2) is 0 Å². The summed E-state index contributed by atoms with van der Waals surface area (Å²) in [5.41, 5.74) is 0.712. The second-order valence-electron chi connectivity index (χ2n) is 6.23. The Morgan fingerprint density at radius 2 is 2.24 bits per heavy atom. The van der Waals surface area contributed by atoms with Crippen LogP contribution in [0.25, 0.3) is 0 Å². The van der Waals surface area contributed by atoms with Crippen LogP contribution in [-0.4, -0.2) is 29.6 Å². The van der Waals surface area contributed by atoms with Crippen molar-refractivity contribution in [1.29, 1.82) is 0 Å². The molecule has 21 heavy (non-hydrogen) atoms. The highest BCUT2D eigenvalue weighted by Gasteiger charge is 2.40. The molecule has 1 saturated carbocycles. The van der Waals surface area contributed by atoms with Gasteiger partial charge >= 0.3 is 6.03 Å². The number of rotatable bonds is 3. The number of anilines is 1. The van der Waals surface area contributed by atoms with Gasteiger partial charge in [0.1, 0.15) is 5.75 Å². The van der Waals surface area contributed by atoms with Crippen LogP contribution in [0.4, 0.5) is 10.5 Å². The highest BCUT2D eigenvalue weighted by molar-refractivity contribution is 6.32. The molecule has 2 fully saturated rings. The zero-order chi connectivity index (χ0) is 15.0. The van der Waals surface area contributed by atoms with E-state index < -0.39 is 0 Å². The standard InChI is InChI=1S/C16H21ClN2O2/c1-10(2)21-15-6-4-12(8-14(15)17)18-16(20)19-9-11-3-5-13(19)7-11/h4,6,8,10-11,13H,3,5,7,9H2,1-2H3,(H,18,20)/t11-,13-/m1/s1. The van der Waals surface area contributed by atoms with E-state index >= 15 is 0 Å². The summed E-state index contributed by atoms with van der Waals surface area (Å²) in [4.78, 5) is 14.3. The molecule has 2 bridgehead atoms. The lowest BCUT2D eigenvalue weighted by Gasteiger charge is -2.27. The lowest BCUT2D eigenvalue weighted by atomic mass is 10.1. The lowest BCUT2D eigenvalue weighted by Crippen LogP contribution is -2.40. The first-order chi connectivity index (χ1) is 10.0. The van der Waals surface area contributed by atoms with Crippen molar-refractivity contribution in [3.63, 3.8) is 0 Å². The van der Waals surface area contributed by atoms with E-state index in [0.717, 1.165) is 19.4 Å². The molecule has 1 aliphatic heterocycles. The minimum absolute atomic E-state index is 0.0178. The summed E-state index contributed by atoms with van der Waals surface area (Å²) >= 11 is 6.19. The molecule has 0 radical (unpaired) electrons. The fourth-order valence-corrected chi connectivity index (χ4v) is 3.52. The molecule has 1 aromatic rings. The Kier molecular flexibility index (Phi) is 3.98. The van der Waals surface area contributed by atoms with Crippen molar-refractivity contribution < 1.29 is 9.53 Å². The van der Waals surface area contributed by atoms with Crippen LogP contribution in [-0.2, 0) is 0 Å². The van der Waals surface area contributed by atoms with Crippen LogP contribution in [0.2, 0.25) is 5.02 Å². The predicted molar refractivity (Wildman–Crippen MR) is 84.1 cm³/mol. The van der Waals surface area contributed by atoms with Crippen LogP contribution in [0.15, 0.2) is 18.2 Å². The third-order valence-corrected chi connectivity index (χ3v) is 4.51. The average Bonchev–Trinajstić information content (AvgIpc) is 3.04. The van der Waals surface area contributed by atoms with Gasteiger partial charge in [0, 0.05) is 18.3 Å². The lowest BCUT2D eigenvalue weighted by molar-refractivity contribution is 0.194. The molecule has 2 atom stereocenters. The van der Waals surface area contributed by atoms with Gasteiger partial charge in [-0.15, -0.1) is 0 Å². The van der Waals surface area contributed by atoms with Gasteiger partial charge in [-0.3, -0.25) is 0 Å². The number of nitrogens with zero attached hydrogens (tertiary/aromatic N) is 1. The Hall–Kier alpha value is -1.42. The number of hydrogen-bond acceptors (Lipinski definition) is 2. The largest absolute Gasteiger partial charge is 0.489 e. The first-order valence-electron chi connectivity index (χ1n) is 7.56. The van der Waals surface area contributed by atoms with Crippen molar-refractivity contribution in [3.05, 3.63) is 23.2 Å². The molecular weight excluding hydrogens is 288 g/mol. The minimum Gasteiger partial charge on any atom is -0.489 e. The number of carbonyl (C=O) groups is 1. The van der Waals surface area contributed by atoms with Gasteiger partial charge in [0.25, 0.3) is 0 Å². The van der Waals surface area contributed by atoms with Crippen LogP contribution in [0.5, 0.6) is 5.75 Å². The zero-order valence-corrected chi connectivity index (χ0v) is 13.2. The molecule has 2 aliphatic rings. The Morgan fingerprint density at radius 3 is 2.81 bits per heavy atom. The van der Waals surface area contributed by atoms with Crippen molar-refractivity contribution in [3.8, 4) is 5.75 Å². The molecule has 3 rings (SSSR count). The predicted octanol–water partition coefficient (Wildman–Crippen LogP) is 4.14. The van der Waals surface area contributed by atoms with E-state index in [-0.39, 0.29) is 12.1 Å². The molecule has 5 heteroatoms. The van der Waals surface area contributed by atoms with Gasteiger partial charge in [0.2, 0.25) is 0 Å². The SMILES string of the molecule is CC(C)Oc1ccc(NC(=O)N2C[C@@H]3CC[C@@H]2C3)cc1Cl. The summed E-state index contributed by atoms with van der Waals surface area (Å²) in [6.45, 7) is 4.79. The normalized spacial score (nSPS) is 23.7. The van der Waals surface area contributed by atoms with Crippen molar-refractivity contribution >= 4 is 23.3 Å². The second-order valence-corrected chi connectivity index (χ2v) is 6.63. The van der Waals surface area contributed by atoms with E-state index in [0.29, 0.717) is 28.4 Å². The molecule has 0 spiro atoms. The molecule has 4 nitrogen and oxygen atoms in total. The number of piperidine rings is 1. The molecule has 1 saturated heterocycles. The number of nitrogens with one attached hydrogen (secondary N) is 1. The number of fused-ring (bicyclic) bond motifs is 2. The second kappa shape index (κ2) is 5.76. The summed E-state index contributed by atoms with van der Waals surface area (Å²) in [5, 5.41) is 3.46. The molecule has 2 amide bonds. The van der Waals surface area contributed by atoms with Gasteiger partial charge in [-0.1, -0.05) is 11.6 Å². The number of carbonyl (C=O) groups excluding carboxylic acids is 1. The summed E-state index contributed by atoms with van der Waals surface area (Å²) in [5.74, 6) is 1.34. The van der Waals surface area contributed by atoms with Crippen molar-refractivity contribution in [1.82, 2.24) is 4.90 Å². The number of amides is 2. The van der Waals surface area contributed by atoms with Gasteiger partial charge in [-0.2, -0.15) is 0 Å². The summed E-state index contributed by atoms with van der Waals surface area (Å²) in [7, 11) is 0. The molecule has 1 N–H and O–H groups in total. The number of likely N-dealkylation sites (tertiary alicyclic amines) is 1. The summed E-state index contributed by atoms with van der Waals surface area (Å²) in [6, 6.07) is 5.78. The van der Waals surface area contributed by atoms with Crippen LogP contribution < -0.4 is 10.1 Å². The number of ether oxygens (including phenoxy) is 1. The minimum atomic E-state index is -0.0178. The summed E-state index contributed by atoms with van der Waals surface area (Å²) < 4.78 is 5.59. The quantitative estimate of drug-likeness (QED) is 0.911. The zero-order valence-electron chi connectivity index (χ0n) is 12.4. The Labute approximate surface area is 130 Å². The molecule has 0 unspecified atom stereocenters. The van der Waals surface area contributed by atoms with Crippen molar-refractivity contribution in [2.75, 3.05) is 11.9 Å². The van der Waals surface area contributed by atoms with Gasteiger partial charge < -0.3 is 15.0 Å². The number of halogens is 1. The number of urea groups is 1. The number of hydrogen-bond donors (Lipinski definition) is 1. The molecule has 1 aliphatic carbocycles. The molecule has 1 aromatic carbocycles. The molecule has 0 aromatic heterocycles. The highest BCUT2D eigenvalue weighted by atomic mass is 35.5. The molecular formula is C16H21ClN2O2. The molecule has 1 heterocycles. The fourth-order valence-electron chi connectivity index (χ4n) is 3.30. The first-order valence-corrected chi connectivity index (χ1v) is 7.94. The van der Waals surface area contributed by atoms with Crippen LogP contribution >= 0.6 is 11.6 Å². The summed E-state index contributed by atoms with van der Waals surface area (Å²) in [6.07, 6.45) is 3.64. The van der Waals surface area contributed by atoms with Crippen molar-refractivity contribution in [2.24, 2.45) is 5.92 Å².